The number of furan rings is 1. The van der Waals surface area contributed by atoms with Crippen LogP contribution in [0.2, 0.25) is 0 Å². The Morgan fingerprint density at radius 2 is 0.871 bits per heavy atom. The average molecular weight is 903 g/mol. The van der Waals surface area contributed by atoms with Crippen molar-refractivity contribution in [2.45, 2.75) is 45.4 Å². The van der Waals surface area contributed by atoms with Crippen molar-refractivity contribution < 1.29 is 4.42 Å². The fraction of sp³-hybridized carbons (Fsp3) is 0.104. The second-order valence-electron chi connectivity index (χ2n) is 19.7. The van der Waals surface area contributed by atoms with Crippen molar-refractivity contribution in [1.82, 2.24) is 0 Å². The maximum absolute atomic E-state index is 7.03. The molecule has 0 amide bonds. The van der Waals surface area contributed by atoms with Crippen molar-refractivity contribution in [2.75, 3.05) is 9.80 Å². The van der Waals surface area contributed by atoms with E-state index in [0.29, 0.717) is 0 Å². The highest BCUT2D eigenvalue weighted by Crippen LogP contribution is 2.54. The van der Waals surface area contributed by atoms with Gasteiger partial charge in [0.15, 0.2) is 0 Å². The smallest absolute Gasteiger partial charge is 0.143 e. The molecule has 70 heavy (non-hydrogen) atoms. The zero-order valence-electron chi connectivity index (χ0n) is 40.4. The normalized spacial score (nSPS) is 15.8. The Bertz CT molecular complexity index is 3720. The zero-order valence-corrected chi connectivity index (χ0v) is 40.4. The predicted molar refractivity (Wildman–Crippen MR) is 296 cm³/mol. The fourth-order valence-electron chi connectivity index (χ4n) is 11.5. The molecule has 3 nitrogen and oxygen atoms in total. The molecule has 0 unspecified atom stereocenters. The molecule has 1 aromatic heterocycles. The third kappa shape index (κ3) is 6.79. The van der Waals surface area contributed by atoms with Gasteiger partial charge in [0, 0.05) is 49.8 Å². The first-order chi connectivity index (χ1) is 34.1. The monoisotopic (exact) mass is 902 g/mol. The zero-order chi connectivity index (χ0) is 47.7. The van der Waals surface area contributed by atoms with Gasteiger partial charge >= 0.3 is 0 Å². The Hall–Kier alpha value is -8.40. The summed E-state index contributed by atoms with van der Waals surface area (Å²) in [5.74, 6) is 0. The highest BCUT2D eigenvalue weighted by atomic mass is 16.3. The molecule has 0 fully saturated rings. The van der Waals surface area contributed by atoms with E-state index < -0.39 is 0 Å². The van der Waals surface area contributed by atoms with Crippen molar-refractivity contribution >= 4 is 50.4 Å². The van der Waals surface area contributed by atoms with Gasteiger partial charge in [0.2, 0.25) is 0 Å². The number of rotatable bonds is 7. The molecule has 2 aliphatic heterocycles. The van der Waals surface area contributed by atoms with Crippen LogP contribution in [0.5, 0.6) is 0 Å². The number of para-hydroxylation sites is 3. The van der Waals surface area contributed by atoms with Gasteiger partial charge < -0.3 is 14.2 Å². The summed E-state index contributed by atoms with van der Waals surface area (Å²) in [6.07, 6.45) is 6.31. The molecule has 0 atom stereocenters. The lowest BCUT2D eigenvalue weighted by atomic mass is 9.71. The molecule has 9 aromatic carbocycles. The molecule has 3 heterocycles. The van der Waals surface area contributed by atoms with E-state index in [4.69, 9.17) is 4.42 Å². The number of benzene rings is 9. The summed E-state index contributed by atoms with van der Waals surface area (Å²) in [5, 5.41) is 2.20. The quantitative estimate of drug-likeness (QED) is 0.159. The Labute approximate surface area is 411 Å². The molecular weight excluding hydrogens is 849 g/mol. The predicted octanol–water partition coefficient (Wildman–Crippen LogP) is 18.8. The van der Waals surface area contributed by atoms with Crippen molar-refractivity contribution in [2.24, 2.45) is 0 Å². The standard InChI is InChI=1S/C67H54N2O/c1-7-19-60-56(8-2)66(3,4)58-42-48(44-20-11-9-12-21-44)34-40-62(58)68(60)50-36-30-46(31-37-50)52-24-17-26-54-55-27-18-25-53(65(55)70-64(52)54)47-32-38-51(39-33-47)69-61-29-16-15-28-57(61)67(5,6)59-43-49(35-41-63(59)69)45-22-13-10-14-23-45/h7-43H,1H2,2-6H3/b56-8+,60-19+. The summed E-state index contributed by atoms with van der Waals surface area (Å²) < 4.78 is 7.03. The molecule has 0 spiro atoms. The Morgan fingerprint density at radius 3 is 1.40 bits per heavy atom. The minimum absolute atomic E-state index is 0.182. The molecule has 0 saturated heterocycles. The number of allylic oxidation sites excluding steroid dienone is 4. The molecule has 338 valence electrons. The van der Waals surface area contributed by atoms with E-state index in [0.717, 1.165) is 61.3 Å². The first-order valence-electron chi connectivity index (χ1n) is 24.4. The van der Waals surface area contributed by atoms with Crippen LogP contribution in [0.25, 0.3) is 66.4 Å². The molecular formula is C67H54N2O. The minimum atomic E-state index is -0.227. The van der Waals surface area contributed by atoms with Crippen LogP contribution in [-0.2, 0) is 10.8 Å². The molecule has 2 aliphatic rings. The molecule has 0 N–H and O–H groups in total. The van der Waals surface area contributed by atoms with Gasteiger partial charge in [0.1, 0.15) is 11.2 Å². The van der Waals surface area contributed by atoms with Crippen LogP contribution in [0.15, 0.2) is 247 Å². The van der Waals surface area contributed by atoms with Gasteiger partial charge in [-0.1, -0.05) is 198 Å². The second-order valence-corrected chi connectivity index (χ2v) is 19.7. The van der Waals surface area contributed by atoms with Crippen LogP contribution in [0, 0.1) is 0 Å². The van der Waals surface area contributed by atoms with Crippen molar-refractivity contribution in [3.63, 3.8) is 0 Å². The molecule has 0 aliphatic carbocycles. The van der Waals surface area contributed by atoms with E-state index in [1.54, 1.807) is 0 Å². The van der Waals surface area contributed by atoms with Gasteiger partial charge in [-0.05, 0) is 123 Å². The second kappa shape index (κ2) is 16.7. The Morgan fingerprint density at radius 1 is 0.414 bits per heavy atom. The molecule has 12 rings (SSSR count). The Balaban J connectivity index is 0.905. The molecule has 0 saturated carbocycles. The summed E-state index contributed by atoms with van der Waals surface area (Å²) in [6.45, 7) is 15.7. The highest BCUT2D eigenvalue weighted by molar-refractivity contribution is 6.13. The fourth-order valence-corrected chi connectivity index (χ4v) is 11.5. The van der Waals surface area contributed by atoms with E-state index in [-0.39, 0.29) is 10.8 Å². The minimum Gasteiger partial charge on any atom is -0.455 e. The van der Waals surface area contributed by atoms with Crippen molar-refractivity contribution in [3.05, 3.63) is 259 Å². The summed E-state index contributed by atoms with van der Waals surface area (Å²) in [4.78, 5) is 4.82. The van der Waals surface area contributed by atoms with Crippen LogP contribution >= 0.6 is 0 Å². The van der Waals surface area contributed by atoms with Gasteiger partial charge in [0.05, 0.1) is 17.1 Å². The number of nitrogens with zero attached hydrogens (tertiary/aromatic N) is 2. The van der Waals surface area contributed by atoms with Crippen molar-refractivity contribution in [1.29, 1.82) is 0 Å². The molecule has 3 heteroatoms. The van der Waals surface area contributed by atoms with Crippen LogP contribution in [-0.4, -0.2) is 0 Å². The maximum atomic E-state index is 7.03. The topological polar surface area (TPSA) is 19.6 Å². The van der Waals surface area contributed by atoms with Gasteiger partial charge in [-0.2, -0.15) is 0 Å². The lowest BCUT2D eigenvalue weighted by molar-refractivity contribution is 0.612. The number of hydrogen-bond donors (Lipinski definition) is 0. The molecule has 0 radical (unpaired) electrons. The summed E-state index contributed by atoms with van der Waals surface area (Å²) in [7, 11) is 0. The van der Waals surface area contributed by atoms with E-state index in [2.05, 4.69) is 269 Å². The van der Waals surface area contributed by atoms with Gasteiger partial charge in [-0.3, -0.25) is 0 Å². The van der Waals surface area contributed by atoms with Gasteiger partial charge in [-0.15, -0.1) is 0 Å². The van der Waals surface area contributed by atoms with Crippen LogP contribution in [0.1, 0.15) is 51.3 Å². The Kier molecular flexibility index (Phi) is 10.2. The number of hydrogen-bond acceptors (Lipinski definition) is 3. The number of fused-ring (bicyclic) bond motifs is 6. The van der Waals surface area contributed by atoms with E-state index in [9.17, 15) is 0 Å². The largest absolute Gasteiger partial charge is 0.455 e. The van der Waals surface area contributed by atoms with E-state index in [1.165, 1.54) is 61.6 Å². The van der Waals surface area contributed by atoms with E-state index >= 15 is 0 Å². The van der Waals surface area contributed by atoms with Gasteiger partial charge in [0.25, 0.3) is 0 Å². The van der Waals surface area contributed by atoms with Crippen molar-refractivity contribution in [3.8, 4) is 44.5 Å². The molecule has 10 aromatic rings. The van der Waals surface area contributed by atoms with Crippen LogP contribution in [0.3, 0.4) is 0 Å². The lowest BCUT2D eigenvalue weighted by Crippen LogP contribution is -2.35. The first-order valence-corrected chi connectivity index (χ1v) is 24.4. The SMILES string of the molecule is C=C/C=C1\C(=C/C)C(C)(C)c2cc(-c3ccccc3)ccc2N1c1ccc(-c2cccc3c2oc2c(-c4ccc(N5c6ccccc6C(C)(C)c6cc(-c7ccccc7)ccc65)cc4)cccc23)cc1. The van der Waals surface area contributed by atoms with Gasteiger partial charge in [-0.25, -0.2) is 0 Å². The summed E-state index contributed by atoms with van der Waals surface area (Å²) in [5.41, 5.74) is 22.6. The third-order valence-corrected chi connectivity index (χ3v) is 15.0. The third-order valence-electron chi connectivity index (χ3n) is 15.0. The number of anilines is 5. The lowest BCUT2D eigenvalue weighted by Gasteiger charge is -2.44. The summed E-state index contributed by atoms with van der Waals surface area (Å²) >= 11 is 0. The first kappa shape index (κ1) is 42.9. The van der Waals surface area contributed by atoms with Crippen LogP contribution in [0.4, 0.5) is 28.4 Å². The van der Waals surface area contributed by atoms with Crippen LogP contribution < -0.4 is 9.80 Å². The summed E-state index contributed by atoms with van der Waals surface area (Å²) in [6, 6.07) is 75.0. The maximum Gasteiger partial charge on any atom is 0.143 e. The molecule has 0 bridgehead atoms. The van der Waals surface area contributed by atoms with E-state index in [1.807, 2.05) is 6.08 Å². The average Bonchev–Trinajstić information content (AvgIpc) is 3.79. The highest BCUT2D eigenvalue weighted by Gasteiger charge is 2.40.